The van der Waals surface area contributed by atoms with Crippen molar-refractivity contribution in [2.24, 2.45) is 5.92 Å². The maximum Gasteiger partial charge on any atom is 0.183 e. The van der Waals surface area contributed by atoms with Crippen molar-refractivity contribution in [1.82, 2.24) is 5.32 Å². The number of epoxide rings is 1. The molecule has 76 valence electrons. The van der Waals surface area contributed by atoms with E-state index < -0.39 is 5.60 Å². The maximum absolute atomic E-state index is 11.8. The topological polar surface area (TPSA) is 41.6 Å². The van der Waals surface area contributed by atoms with E-state index in [1.54, 1.807) is 0 Å². The van der Waals surface area contributed by atoms with Gasteiger partial charge in [-0.15, -0.1) is 0 Å². The van der Waals surface area contributed by atoms with Crippen LogP contribution in [0.5, 0.6) is 0 Å². The molecular formula is C10H19NO2. The molecule has 1 fully saturated rings. The number of hydrogen-bond donors (Lipinski definition) is 1. The van der Waals surface area contributed by atoms with Crippen LogP contribution < -0.4 is 5.32 Å². The number of rotatable bonds is 5. The van der Waals surface area contributed by atoms with E-state index in [1.165, 1.54) is 0 Å². The summed E-state index contributed by atoms with van der Waals surface area (Å²) in [4.78, 5) is 11.8. The third-order valence-electron chi connectivity index (χ3n) is 2.47. The molecule has 0 saturated carbocycles. The van der Waals surface area contributed by atoms with Crippen molar-refractivity contribution >= 4 is 5.78 Å². The van der Waals surface area contributed by atoms with Crippen LogP contribution in [0.2, 0.25) is 0 Å². The van der Waals surface area contributed by atoms with Crippen molar-refractivity contribution in [3.63, 3.8) is 0 Å². The van der Waals surface area contributed by atoms with E-state index in [0.29, 0.717) is 12.5 Å². The lowest BCUT2D eigenvalue weighted by Gasteiger charge is -2.18. The molecule has 0 unspecified atom stereocenters. The summed E-state index contributed by atoms with van der Waals surface area (Å²) >= 11 is 0. The van der Waals surface area contributed by atoms with Crippen LogP contribution in [0.4, 0.5) is 0 Å². The third-order valence-corrected chi connectivity index (χ3v) is 2.47. The smallest absolute Gasteiger partial charge is 0.183 e. The number of likely N-dealkylation sites (N-methyl/N-ethyl adjacent to an activating group) is 1. The normalized spacial score (nSPS) is 29.0. The zero-order valence-electron chi connectivity index (χ0n) is 8.89. The number of Topliss-reactive ketones (excluding diaryl/α,β-unsaturated/α-hetero) is 1. The van der Waals surface area contributed by atoms with E-state index in [4.69, 9.17) is 4.74 Å². The highest BCUT2D eigenvalue weighted by Gasteiger charge is 2.49. The Hall–Kier alpha value is -0.410. The van der Waals surface area contributed by atoms with E-state index in [1.807, 2.05) is 14.0 Å². The highest BCUT2D eigenvalue weighted by molar-refractivity contribution is 5.93. The lowest BCUT2D eigenvalue weighted by atomic mass is 9.94. The summed E-state index contributed by atoms with van der Waals surface area (Å²) in [5, 5.41) is 3.05. The Morgan fingerprint density at radius 2 is 2.15 bits per heavy atom. The van der Waals surface area contributed by atoms with Gasteiger partial charge in [0.15, 0.2) is 5.78 Å². The van der Waals surface area contributed by atoms with E-state index in [-0.39, 0.29) is 11.8 Å². The van der Waals surface area contributed by atoms with Crippen molar-refractivity contribution in [1.29, 1.82) is 0 Å². The largest absolute Gasteiger partial charge is 0.362 e. The number of ketones is 1. The van der Waals surface area contributed by atoms with E-state index in [0.717, 1.165) is 6.42 Å². The van der Waals surface area contributed by atoms with Crippen molar-refractivity contribution < 1.29 is 9.53 Å². The molecule has 0 aromatic heterocycles. The lowest BCUT2D eigenvalue weighted by molar-refractivity contribution is -0.125. The lowest BCUT2D eigenvalue weighted by Crippen LogP contribution is -2.42. The van der Waals surface area contributed by atoms with Crippen molar-refractivity contribution in [3.05, 3.63) is 0 Å². The van der Waals surface area contributed by atoms with Crippen LogP contribution in [-0.2, 0) is 9.53 Å². The third kappa shape index (κ3) is 2.51. The molecule has 0 aromatic rings. The number of carbonyl (C=O) groups excluding carboxylic acids is 1. The minimum atomic E-state index is -0.484. The van der Waals surface area contributed by atoms with Gasteiger partial charge in [0.25, 0.3) is 0 Å². The van der Waals surface area contributed by atoms with Crippen molar-refractivity contribution in [2.45, 2.75) is 38.8 Å². The number of ether oxygens (including phenoxy) is 1. The Balaban J connectivity index is 2.51. The molecule has 1 rings (SSSR count). The van der Waals surface area contributed by atoms with Gasteiger partial charge in [-0.1, -0.05) is 13.8 Å². The molecule has 0 radical (unpaired) electrons. The Morgan fingerprint density at radius 1 is 1.62 bits per heavy atom. The van der Waals surface area contributed by atoms with Gasteiger partial charge in [-0.25, -0.2) is 0 Å². The Labute approximate surface area is 79.8 Å². The van der Waals surface area contributed by atoms with Crippen LogP contribution in [0.15, 0.2) is 0 Å². The van der Waals surface area contributed by atoms with Crippen LogP contribution in [0.25, 0.3) is 0 Å². The SMILES string of the molecule is CN[C@H](CC(C)C)C(=O)[C@@]1(C)CO1. The molecule has 3 nitrogen and oxygen atoms in total. The van der Waals surface area contributed by atoms with Gasteiger partial charge in [-0.3, -0.25) is 4.79 Å². The predicted octanol–water partition coefficient (Wildman–Crippen LogP) is 0.978. The first kappa shape index (κ1) is 10.7. The average molecular weight is 185 g/mol. The van der Waals surface area contributed by atoms with E-state index in [9.17, 15) is 4.79 Å². The van der Waals surface area contributed by atoms with Gasteiger partial charge in [-0.2, -0.15) is 0 Å². The van der Waals surface area contributed by atoms with Crippen LogP contribution >= 0.6 is 0 Å². The zero-order valence-corrected chi connectivity index (χ0v) is 8.89. The van der Waals surface area contributed by atoms with Crippen LogP contribution in [-0.4, -0.2) is 31.1 Å². The fourth-order valence-corrected chi connectivity index (χ4v) is 1.45. The minimum absolute atomic E-state index is 0.0486. The molecule has 3 heteroatoms. The number of nitrogens with one attached hydrogen (secondary N) is 1. The average Bonchev–Trinajstić information content (AvgIpc) is 2.79. The highest BCUT2D eigenvalue weighted by Crippen LogP contribution is 2.29. The summed E-state index contributed by atoms with van der Waals surface area (Å²) in [7, 11) is 1.83. The van der Waals surface area contributed by atoms with Crippen LogP contribution in [0, 0.1) is 5.92 Å². The summed E-state index contributed by atoms with van der Waals surface area (Å²) in [6.45, 7) is 6.68. The molecule has 0 aromatic carbocycles. The molecule has 0 spiro atoms. The monoisotopic (exact) mass is 185 g/mol. The van der Waals surface area contributed by atoms with Gasteiger partial charge in [0.1, 0.15) is 5.60 Å². The second kappa shape index (κ2) is 3.76. The summed E-state index contributed by atoms with van der Waals surface area (Å²) in [6.07, 6.45) is 0.883. The Kier molecular flexibility index (Phi) is 3.09. The van der Waals surface area contributed by atoms with Gasteiger partial charge in [-0.05, 0) is 26.3 Å². The quantitative estimate of drug-likeness (QED) is 0.649. The van der Waals surface area contributed by atoms with Crippen molar-refractivity contribution in [3.8, 4) is 0 Å². The summed E-state index contributed by atoms with van der Waals surface area (Å²) in [5.41, 5.74) is -0.484. The molecule has 13 heavy (non-hydrogen) atoms. The fraction of sp³-hybridized carbons (Fsp3) is 0.900. The fourth-order valence-electron chi connectivity index (χ4n) is 1.45. The van der Waals surface area contributed by atoms with Gasteiger partial charge in [0.05, 0.1) is 12.6 Å². The second-order valence-electron chi connectivity index (χ2n) is 4.35. The van der Waals surface area contributed by atoms with Gasteiger partial charge in [0.2, 0.25) is 0 Å². The molecule has 0 aliphatic carbocycles. The van der Waals surface area contributed by atoms with E-state index in [2.05, 4.69) is 19.2 Å². The first-order valence-corrected chi connectivity index (χ1v) is 4.85. The molecule has 0 amide bonds. The van der Waals surface area contributed by atoms with E-state index >= 15 is 0 Å². The Bertz CT molecular complexity index is 197. The minimum Gasteiger partial charge on any atom is -0.362 e. The van der Waals surface area contributed by atoms with Crippen LogP contribution in [0.3, 0.4) is 0 Å². The van der Waals surface area contributed by atoms with Gasteiger partial charge < -0.3 is 10.1 Å². The molecule has 2 atom stereocenters. The van der Waals surface area contributed by atoms with Crippen molar-refractivity contribution in [2.75, 3.05) is 13.7 Å². The van der Waals surface area contributed by atoms with Crippen LogP contribution in [0.1, 0.15) is 27.2 Å². The van der Waals surface area contributed by atoms with Gasteiger partial charge >= 0.3 is 0 Å². The molecular weight excluding hydrogens is 166 g/mol. The molecule has 1 heterocycles. The first-order valence-electron chi connectivity index (χ1n) is 4.85. The highest BCUT2D eigenvalue weighted by atomic mass is 16.6. The molecule has 1 saturated heterocycles. The molecule has 1 N–H and O–H groups in total. The van der Waals surface area contributed by atoms with Gasteiger partial charge in [0, 0.05) is 0 Å². The summed E-state index contributed by atoms with van der Waals surface area (Å²) < 4.78 is 5.13. The zero-order chi connectivity index (χ0) is 10.1. The molecule has 1 aliphatic heterocycles. The summed E-state index contributed by atoms with van der Waals surface area (Å²) in [6, 6.07) is -0.0486. The standard InChI is InChI=1S/C10H19NO2/c1-7(2)5-8(11-4)9(12)10(3)6-13-10/h7-8,11H,5-6H2,1-4H3/t8-,10-/m1/s1. The molecule has 0 bridgehead atoms. The molecule has 1 aliphatic rings. The summed E-state index contributed by atoms with van der Waals surface area (Å²) in [5.74, 6) is 0.729. The number of carbonyl (C=O) groups is 1. The number of hydrogen-bond acceptors (Lipinski definition) is 3. The Morgan fingerprint density at radius 3 is 2.46 bits per heavy atom. The second-order valence-corrected chi connectivity index (χ2v) is 4.35. The first-order chi connectivity index (χ1) is 5.99. The maximum atomic E-state index is 11.8. The predicted molar refractivity (Wildman–Crippen MR) is 51.7 cm³/mol.